The van der Waals surface area contributed by atoms with Crippen LogP contribution >= 0.6 is 0 Å². The van der Waals surface area contributed by atoms with Crippen LogP contribution in [-0.2, 0) is 6.18 Å². The predicted octanol–water partition coefficient (Wildman–Crippen LogP) is 3.70. The van der Waals surface area contributed by atoms with Crippen molar-refractivity contribution >= 4 is 11.8 Å². The van der Waals surface area contributed by atoms with Crippen LogP contribution in [0.2, 0.25) is 0 Å². The molecule has 1 aromatic rings. The third-order valence-corrected chi connectivity index (χ3v) is 3.65. The van der Waals surface area contributed by atoms with Gasteiger partial charge in [-0.2, -0.15) is 18.2 Å². The van der Waals surface area contributed by atoms with Crippen LogP contribution in [0.3, 0.4) is 0 Å². The van der Waals surface area contributed by atoms with Crippen molar-refractivity contribution in [1.82, 2.24) is 9.97 Å². The van der Waals surface area contributed by atoms with Crippen molar-refractivity contribution in [2.45, 2.75) is 50.7 Å². The van der Waals surface area contributed by atoms with Gasteiger partial charge in [0.1, 0.15) is 5.82 Å². The number of alkyl halides is 3. The average Bonchev–Trinajstić information content (AvgIpc) is 2.66. The third-order valence-electron chi connectivity index (χ3n) is 3.65. The number of hydrogen-bond acceptors (Lipinski definition) is 4. The molecule has 0 unspecified atom stereocenters. The quantitative estimate of drug-likeness (QED) is 0.865. The number of nitrogens with zero attached hydrogens (tertiary/aromatic N) is 3. The number of aromatic nitrogens is 2. The molecule has 0 bridgehead atoms. The summed E-state index contributed by atoms with van der Waals surface area (Å²) in [6.07, 6.45) is 2.00. The van der Waals surface area contributed by atoms with E-state index in [2.05, 4.69) is 15.3 Å². The molecule has 1 aliphatic rings. The molecule has 0 atom stereocenters. The topological polar surface area (TPSA) is 41.1 Å². The van der Waals surface area contributed by atoms with Gasteiger partial charge in [0.2, 0.25) is 5.95 Å². The van der Waals surface area contributed by atoms with Crippen LogP contribution in [0, 0.1) is 0 Å². The summed E-state index contributed by atoms with van der Waals surface area (Å²) in [6.45, 7) is 0. The summed E-state index contributed by atoms with van der Waals surface area (Å²) >= 11 is 0. The van der Waals surface area contributed by atoms with Crippen LogP contribution < -0.4 is 10.2 Å². The Balaban J connectivity index is 2.22. The van der Waals surface area contributed by atoms with Crippen molar-refractivity contribution in [3.05, 3.63) is 11.8 Å². The van der Waals surface area contributed by atoms with E-state index >= 15 is 0 Å². The highest BCUT2D eigenvalue weighted by Crippen LogP contribution is 2.30. The van der Waals surface area contributed by atoms with Crippen molar-refractivity contribution in [2.24, 2.45) is 0 Å². The molecule has 1 fully saturated rings. The van der Waals surface area contributed by atoms with E-state index in [9.17, 15) is 13.2 Å². The van der Waals surface area contributed by atoms with Crippen molar-refractivity contribution in [2.75, 3.05) is 24.3 Å². The van der Waals surface area contributed by atoms with E-state index in [4.69, 9.17) is 0 Å². The molecule has 4 nitrogen and oxygen atoms in total. The number of anilines is 2. The number of halogens is 3. The Labute approximate surface area is 122 Å². The Morgan fingerprint density at radius 1 is 1.10 bits per heavy atom. The van der Waals surface area contributed by atoms with E-state index in [1.807, 2.05) is 0 Å². The molecule has 21 heavy (non-hydrogen) atoms. The normalized spacial score (nSPS) is 17.4. The molecule has 1 saturated carbocycles. The first-order valence-corrected chi connectivity index (χ1v) is 7.26. The minimum Gasteiger partial charge on any atom is -0.363 e. The first-order chi connectivity index (χ1) is 9.86. The molecule has 118 valence electrons. The fourth-order valence-electron chi connectivity index (χ4n) is 2.48. The third kappa shape index (κ3) is 4.47. The van der Waals surface area contributed by atoms with Gasteiger partial charge >= 0.3 is 6.18 Å². The Bertz CT molecular complexity index is 466. The monoisotopic (exact) mass is 302 g/mol. The van der Waals surface area contributed by atoms with E-state index in [1.165, 1.54) is 12.8 Å². The van der Waals surface area contributed by atoms with Gasteiger partial charge in [-0.15, -0.1) is 0 Å². The van der Waals surface area contributed by atoms with E-state index in [0.29, 0.717) is 0 Å². The van der Waals surface area contributed by atoms with Crippen molar-refractivity contribution in [1.29, 1.82) is 0 Å². The number of hydrogen-bond donors (Lipinski definition) is 1. The maximum Gasteiger partial charge on any atom is 0.433 e. The highest BCUT2D eigenvalue weighted by molar-refractivity contribution is 5.44. The van der Waals surface area contributed by atoms with Gasteiger partial charge in [0.25, 0.3) is 0 Å². The van der Waals surface area contributed by atoms with Gasteiger partial charge < -0.3 is 10.2 Å². The molecule has 0 radical (unpaired) electrons. The molecule has 1 aliphatic carbocycles. The summed E-state index contributed by atoms with van der Waals surface area (Å²) in [5.74, 6) is 0.328. The summed E-state index contributed by atoms with van der Waals surface area (Å²) in [4.78, 5) is 9.36. The molecule has 0 aliphatic heterocycles. The lowest BCUT2D eigenvalue weighted by Crippen LogP contribution is -2.23. The summed E-state index contributed by atoms with van der Waals surface area (Å²) in [7, 11) is 3.33. The predicted molar refractivity (Wildman–Crippen MR) is 76.5 cm³/mol. The summed E-state index contributed by atoms with van der Waals surface area (Å²) in [6, 6.07) is 1.13. The minimum absolute atomic E-state index is 0.0698. The van der Waals surface area contributed by atoms with Gasteiger partial charge in [0.15, 0.2) is 5.69 Å². The highest BCUT2D eigenvalue weighted by atomic mass is 19.4. The lowest BCUT2D eigenvalue weighted by Gasteiger charge is -2.19. The van der Waals surface area contributed by atoms with Crippen molar-refractivity contribution in [3.8, 4) is 0 Å². The zero-order chi connectivity index (χ0) is 15.5. The Morgan fingerprint density at radius 3 is 2.24 bits per heavy atom. The second-order valence-corrected chi connectivity index (χ2v) is 5.66. The molecule has 0 aromatic carbocycles. The molecular formula is C14H21F3N4. The van der Waals surface area contributed by atoms with Crippen LogP contribution in [0.4, 0.5) is 24.9 Å². The Hall–Kier alpha value is -1.53. The molecule has 0 amide bonds. The molecule has 0 spiro atoms. The van der Waals surface area contributed by atoms with E-state index in [1.54, 1.807) is 19.0 Å². The van der Waals surface area contributed by atoms with Gasteiger partial charge in [-0.05, 0) is 12.8 Å². The number of rotatable bonds is 3. The second kappa shape index (κ2) is 6.49. The molecule has 0 saturated heterocycles. The van der Waals surface area contributed by atoms with Crippen LogP contribution in [0.1, 0.15) is 44.2 Å². The van der Waals surface area contributed by atoms with Crippen LogP contribution in [0.5, 0.6) is 0 Å². The van der Waals surface area contributed by atoms with Crippen LogP contribution in [-0.4, -0.2) is 30.1 Å². The molecule has 2 rings (SSSR count). The van der Waals surface area contributed by atoms with Gasteiger partial charge in [0.05, 0.1) is 0 Å². The zero-order valence-electron chi connectivity index (χ0n) is 12.4. The van der Waals surface area contributed by atoms with Crippen molar-refractivity contribution < 1.29 is 13.2 Å². The smallest absolute Gasteiger partial charge is 0.363 e. The highest BCUT2D eigenvalue weighted by Gasteiger charge is 2.34. The lowest BCUT2D eigenvalue weighted by atomic mass is 10.1. The summed E-state index contributed by atoms with van der Waals surface area (Å²) < 4.78 is 38.8. The Kier molecular flexibility index (Phi) is 4.90. The van der Waals surface area contributed by atoms with E-state index < -0.39 is 11.9 Å². The van der Waals surface area contributed by atoms with Gasteiger partial charge in [-0.1, -0.05) is 25.7 Å². The molecule has 1 aromatic heterocycles. The van der Waals surface area contributed by atoms with Crippen molar-refractivity contribution in [3.63, 3.8) is 0 Å². The molecule has 7 heteroatoms. The molecule has 1 heterocycles. The fraction of sp³-hybridized carbons (Fsp3) is 0.714. The standard InChI is InChI=1S/C14H21F3N4/c1-21(2)12-9-11(14(15,16)17)19-13(20-12)18-10-7-5-3-4-6-8-10/h9-10H,3-8H2,1-2H3,(H,18,19,20). The average molecular weight is 302 g/mol. The zero-order valence-corrected chi connectivity index (χ0v) is 12.4. The van der Waals surface area contributed by atoms with Crippen LogP contribution in [0.25, 0.3) is 0 Å². The largest absolute Gasteiger partial charge is 0.433 e. The summed E-state index contributed by atoms with van der Waals surface area (Å²) in [5, 5.41) is 3.08. The van der Waals surface area contributed by atoms with Crippen LogP contribution in [0.15, 0.2) is 6.07 Å². The fourth-order valence-corrected chi connectivity index (χ4v) is 2.48. The van der Waals surface area contributed by atoms with Gasteiger partial charge in [-0.3, -0.25) is 0 Å². The second-order valence-electron chi connectivity index (χ2n) is 5.66. The first kappa shape index (κ1) is 15.9. The Morgan fingerprint density at radius 2 is 1.71 bits per heavy atom. The minimum atomic E-state index is -4.46. The summed E-state index contributed by atoms with van der Waals surface area (Å²) in [5.41, 5.74) is -0.905. The molecule has 1 N–H and O–H groups in total. The van der Waals surface area contributed by atoms with Gasteiger partial charge in [0, 0.05) is 26.2 Å². The maximum atomic E-state index is 12.9. The SMILES string of the molecule is CN(C)c1cc(C(F)(F)F)nc(NC2CCCCCC2)n1. The first-order valence-electron chi connectivity index (χ1n) is 7.26. The molecular weight excluding hydrogens is 281 g/mol. The number of nitrogens with one attached hydrogen (secondary N) is 1. The van der Waals surface area contributed by atoms with E-state index in [-0.39, 0.29) is 17.8 Å². The maximum absolute atomic E-state index is 12.9. The van der Waals surface area contributed by atoms with E-state index in [0.717, 1.165) is 31.7 Å². The van der Waals surface area contributed by atoms with Gasteiger partial charge in [-0.25, -0.2) is 4.98 Å². The lowest BCUT2D eigenvalue weighted by molar-refractivity contribution is -0.141.